The van der Waals surface area contributed by atoms with Crippen LogP contribution in [0.1, 0.15) is 32.1 Å². The Labute approximate surface area is 125 Å². The van der Waals surface area contributed by atoms with Gasteiger partial charge in [0.1, 0.15) is 4.21 Å². The summed E-state index contributed by atoms with van der Waals surface area (Å²) in [6, 6.07) is 4.10. The SMILES string of the molecule is O=S(=O)(c1cccs1)N1CCC(N2CCCCC2)CC1. The van der Waals surface area contributed by atoms with E-state index in [4.69, 9.17) is 0 Å². The maximum absolute atomic E-state index is 12.5. The molecule has 2 saturated heterocycles. The smallest absolute Gasteiger partial charge is 0.252 e. The third-order valence-electron chi connectivity index (χ3n) is 4.42. The molecule has 0 amide bonds. The lowest BCUT2D eigenvalue weighted by molar-refractivity contribution is 0.118. The van der Waals surface area contributed by atoms with E-state index in [1.165, 1.54) is 43.7 Å². The number of hydrogen-bond donors (Lipinski definition) is 0. The molecule has 0 atom stereocenters. The summed E-state index contributed by atoms with van der Waals surface area (Å²) in [6.45, 7) is 3.73. The predicted octanol–water partition coefficient (Wildman–Crippen LogP) is 2.39. The molecule has 0 aliphatic carbocycles. The van der Waals surface area contributed by atoms with Crippen LogP contribution in [0.2, 0.25) is 0 Å². The maximum atomic E-state index is 12.5. The van der Waals surface area contributed by atoms with Crippen LogP contribution in [0, 0.1) is 0 Å². The molecule has 2 aliphatic heterocycles. The highest BCUT2D eigenvalue weighted by Crippen LogP contribution is 2.26. The summed E-state index contributed by atoms with van der Waals surface area (Å²) in [5.41, 5.74) is 0. The van der Waals surface area contributed by atoms with Gasteiger partial charge in [-0.1, -0.05) is 12.5 Å². The number of piperidine rings is 2. The number of likely N-dealkylation sites (tertiary alicyclic amines) is 1. The topological polar surface area (TPSA) is 40.6 Å². The molecule has 112 valence electrons. The molecule has 1 aromatic heterocycles. The Kier molecular flexibility index (Phi) is 4.45. The van der Waals surface area contributed by atoms with E-state index in [9.17, 15) is 8.42 Å². The van der Waals surface area contributed by atoms with Crippen molar-refractivity contribution in [3.63, 3.8) is 0 Å². The molecule has 20 heavy (non-hydrogen) atoms. The number of rotatable bonds is 3. The van der Waals surface area contributed by atoms with Crippen molar-refractivity contribution >= 4 is 21.4 Å². The van der Waals surface area contributed by atoms with Crippen molar-refractivity contribution in [2.24, 2.45) is 0 Å². The van der Waals surface area contributed by atoms with Crippen LogP contribution < -0.4 is 0 Å². The van der Waals surface area contributed by atoms with Gasteiger partial charge in [-0.2, -0.15) is 4.31 Å². The van der Waals surface area contributed by atoms with Crippen LogP contribution >= 0.6 is 11.3 Å². The van der Waals surface area contributed by atoms with E-state index >= 15 is 0 Å². The van der Waals surface area contributed by atoms with Crippen LogP contribution in [0.4, 0.5) is 0 Å². The Balaban J connectivity index is 1.61. The molecule has 6 heteroatoms. The number of nitrogens with zero attached hydrogens (tertiary/aromatic N) is 2. The normalized spacial score (nSPS) is 24.0. The van der Waals surface area contributed by atoms with Gasteiger partial charge in [0.15, 0.2) is 0 Å². The molecule has 0 aromatic carbocycles. The van der Waals surface area contributed by atoms with E-state index in [0.717, 1.165) is 12.8 Å². The first-order chi connectivity index (χ1) is 9.68. The zero-order valence-corrected chi connectivity index (χ0v) is 13.3. The first kappa shape index (κ1) is 14.5. The molecule has 4 nitrogen and oxygen atoms in total. The highest BCUT2D eigenvalue weighted by atomic mass is 32.2. The van der Waals surface area contributed by atoms with Gasteiger partial charge in [-0.05, 0) is 50.2 Å². The predicted molar refractivity (Wildman–Crippen MR) is 81.5 cm³/mol. The summed E-state index contributed by atoms with van der Waals surface area (Å²) < 4.78 is 27.1. The van der Waals surface area contributed by atoms with Crippen molar-refractivity contribution in [1.82, 2.24) is 9.21 Å². The molecule has 3 heterocycles. The van der Waals surface area contributed by atoms with Crippen molar-refractivity contribution in [1.29, 1.82) is 0 Å². The second-order valence-corrected chi connectivity index (χ2v) is 8.78. The van der Waals surface area contributed by atoms with Gasteiger partial charge in [0.2, 0.25) is 0 Å². The molecule has 0 spiro atoms. The van der Waals surface area contributed by atoms with Crippen molar-refractivity contribution in [2.45, 2.75) is 42.4 Å². The number of hydrogen-bond acceptors (Lipinski definition) is 4. The van der Waals surface area contributed by atoms with Crippen LogP contribution in [0.25, 0.3) is 0 Å². The molecule has 0 radical (unpaired) electrons. The van der Waals surface area contributed by atoms with Gasteiger partial charge in [-0.15, -0.1) is 11.3 Å². The molecule has 1 aromatic rings. The molecule has 0 saturated carbocycles. The van der Waals surface area contributed by atoms with Gasteiger partial charge in [-0.3, -0.25) is 0 Å². The molecule has 3 rings (SSSR count). The van der Waals surface area contributed by atoms with Crippen molar-refractivity contribution in [3.05, 3.63) is 17.5 Å². The molecule has 2 aliphatic rings. The number of thiophene rings is 1. The molecular formula is C14H22N2O2S2. The Bertz CT molecular complexity index is 513. The van der Waals surface area contributed by atoms with Crippen LogP contribution in [0.3, 0.4) is 0 Å². The zero-order valence-electron chi connectivity index (χ0n) is 11.7. The highest BCUT2D eigenvalue weighted by molar-refractivity contribution is 7.91. The fraction of sp³-hybridized carbons (Fsp3) is 0.714. The van der Waals surface area contributed by atoms with Crippen molar-refractivity contribution in [2.75, 3.05) is 26.2 Å². The summed E-state index contributed by atoms with van der Waals surface area (Å²) in [6.07, 6.45) is 5.90. The Morgan fingerprint density at radius 3 is 2.35 bits per heavy atom. The van der Waals surface area contributed by atoms with E-state index in [2.05, 4.69) is 4.90 Å². The Morgan fingerprint density at radius 1 is 1.05 bits per heavy atom. The number of sulfonamides is 1. The lowest BCUT2D eigenvalue weighted by atomic mass is 10.0. The fourth-order valence-corrected chi connectivity index (χ4v) is 5.88. The monoisotopic (exact) mass is 314 g/mol. The highest BCUT2D eigenvalue weighted by Gasteiger charge is 2.32. The van der Waals surface area contributed by atoms with Crippen molar-refractivity contribution < 1.29 is 8.42 Å². The van der Waals surface area contributed by atoms with Gasteiger partial charge in [0.25, 0.3) is 10.0 Å². The second kappa shape index (κ2) is 6.13. The molecule has 0 unspecified atom stereocenters. The van der Waals surface area contributed by atoms with Crippen LogP contribution in [-0.2, 0) is 10.0 Å². The molecular weight excluding hydrogens is 292 g/mol. The van der Waals surface area contributed by atoms with Crippen LogP contribution in [0.15, 0.2) is 21.7 Å². The average Bonchev–Trinajstić information content (AvgIpc) is 3.03. The van der Waals surface area contributed by atoms with E-state index < -0.39 is 10.0 Å². The first-order valence-electron chi connectivity index (χ1n) is 7.45. The minimum absolute atomic E-state index is 0.480. The lowest BCUT2D eigenvalue weighted by Gasteiger charge is -2.39. The quantitative estimate of drug-likeness (QED) is 0.860. The van der Waals surface area contributed by atoms with E-state index in [1.54, 1.807) is 16.4 Å². The summed E-state index contributed by atoms with van der Waals surface area (Å²) >= 11 is 1.31. The van der Waals surface area contributed by atoms with Gasteiger partial charge in [0, 0.05) is 19.1 Å². The third kappa shape index (κ3) is 2.93. The van der Waals surface area contributed by atoms with Gasteiger partial charge < -0.3 is 4.90 Å². The summed E-state index contributed by atoms with van der Waals surface area (Å²) in [5.74, 6) is 0. The summed E-state index contributed by atoms with van der Waals surface area (Å²) in [4.78, 5) is 2.57. The van der Waals surface area contributed by atoms with Crippen molar-refractivity contribution in [3.8, 4) is 0 Å². The van der Waals surface area contributed by atoms with E-state index in [0.29, 0.717) is 23.3 Å². The third-order valence-corrected chi connectivity index (χ3v) is 7.69. The van der Waals surface area contributed by atoms with Gasteiger partial charge in [0.05, 0.1) is 0 Å². The first-order valence-corrected chi connectivity index (χ1v) is 9.77. The summed E-state index contributed by atoms with van der Waals surface area (Å²) in [7, 11) is -3.24. The Morgan fingerprint density at radius 2 is 1.75 bits per heavy atom. The zero-order chi connectivity index (χ0) is 14.0. The lowest BCUT2D eigenvalue weighted by Crippen LogP contribution is -2.48. The molecule has 2 fully saturated rings. The average molecular weight is 314 g/mol. The largest absolute Gasteiger partial charge is 0.300 e. The summed E-state index contributed by atoms with van der Waals surface area (Å²) in [5, 5.41) is 1.83. The van der Waals surface area contributed by atoms with Gasteiger partial charge in [-0.25, -0.2) is 8.42 Å². The molecule has 0 bridgehead atoms. The second-order valence-electron chi connectivity index (χ2n) is 5.66. The fourth-order valence-electron chi connectivity index (χ4n) is 3.27. The Hall–Kier alpha value is -0.430. The maximum Gasteiger partial charge on any atom is 0.252 e. The molecule has 0 N–H and O–H groups in total. The van der Waals surface area contributed by atoms with Crippen LogP contribution in [-0.4, -0.2) is 49.8 Å². The van der Waals surface area contributed by atoms with Gasteiger partial charge >= 0.3 is 0 Å². The van der Waals surface area contributed by atoms with E-state index in [1.807, 2.05) is 5.38 Å². The standard InChI is InChI=1S/C14H22N2O2S2/c17-20(18,14-5-4-12-19-14)16-10-6-13(7-11-16)15-8-2-1-3-9-15/h4-5,12-13H,1-3,6-11H2. The minimum atomic E-state index is -3.24. The van der Waals surface area contributed by atoms with E-state index in [-0.39, 0.29) is 0 Å². The van der Waals surface area contributed by atoms with Crippen LogP contribution in [0.5, 0.6) is 0 Å². The minimum Gasteiger partial charge on any atom is -0.300 e.